The molecular formula is C17H26N2O4. The fourth-order valence-electron chi connectivity index (χ4n) is 2.85. The predicted octanol–water partition coefficient (Wildman–Crippen LogP) is 1.46. The van der Waals surface area contributed by atoms with Gasteiger partial charge in [0.1, 0.15) is 5.76 Å². The molecule has 23 heavy (non-hydrogen) atoms. The third kappa shape index (κ3) is 4.13. The van der Waals surface area contributed by atoms with E-state index in [1.807, 2.05) is 13.8 Å². The lowest BCUT2D eigenvalue weighted by Crippen LogP contribution is -2.45. The standard InChI is InChI=1S/C17H26N2O4/c1-4-12-10-15(23-14(12)5-2)17(22)18(3)11-16(21)19-8-6-13(20)7-9-19/h10,13,20H,4-9,11H2,1-3H3. The van der Waals surface area contributed by atoms with Crippen molar-refractivity contribution in [2.24, 2.45) is 0 Å². The fourth-order valence-corrected chi connectivity index (χ4v) is 2.85. The maximum atomic E-state index is 12.4. The highest BCUT2D eigenvalue weighted by atomic mass is 16.4. The Morgan fingerprint density at radius 3 is 2.48 bits per heavy atom. The molecule has 0 atom stereocenters. The molecule has 1 aromatic heterocycles. The van der Waals surface area contributed by atoms with E-state index in [1.165, 1.54) is 4.90 Å². The van der Waals surface area contributed by atoms with Gasteiger partial charge < -0.3 is 19.3 Å². The Morgan fingerprint density at radius 2 is 1.96 bits per heavy atom. The maximum Gasteiger partial charge on any atom is 0.289 e. The molecule has 0 aromatic carbocycles. The quantitative estimate of drug-likeness (QED) is 0.890. The largest absolute Gasteiger partial charge is 0.456 e. The zero-order valence-electron chi connectivity index (χ0n) is 14.2. The highest BCUT2D eigenvalue weighted by molar-refractivity contribution is 5.94. The SMILES string of the molecule is CCc1cc(C(=O)N(C)CC(=O)N2CCC(O)CC2)oc1CC. The number of rotatable bonds is 5. The Bertz CT molecular complexity index is 537. The molecule has 0 saturated carbocycles. The highest BCUT2D eigenvalue weighted by Crippen LogP contribution is 2.18. The number of likely N-dealkylation sites (tertiary alicyclic amines) is 1. The van der Waals surface area contributed by atoms with Crippen molar-refractivity contribution >= 4 is 11.8 Å². The van der Waals surface area contributed by atoms with Crippen LogP contribution in [-0.2, 0) is 17.6 Å². The molecule has 6 nitrogen and oxygen atoms in total. The van der Waals surface area contributed by atoms with Gasteiger partial charge in [-0.1, -0.05) is 13.8 Å². The first-order valence-corrected chi connectivity index (χ1v) is 8.29. The van der Waals surface area contributed by atoms with Crippen molar-refractivity contribution in [3.8, 4) is 0 Å². The smallest absolute Gasteiger partial charge is 0.289 e. The minimum atomic E-state index is -0.318. The summed E-state index contributed by atoms with van der Waals surface area (Å²) in [5.41, 5.74) is 1.04. The number of aryl methyl sites for hydroxylation is 2. The average molecular weight is 322 g/mol. The zero-order chi connectivity index (χ0) is 17.0. The molecule has 1 N–H and O–H groups in total. The van der Waals surface area contributed by atoms with E-state index in [0.29, 0.717) is 31.7 Å². The molecule has 2 rings (SSSR count). The van der Waals surface area contributed by atoms with Crippen LogP contribution in [-0.4, -0.2) is 59.5 Å². The second kappa shape index (κ2) is 7.64. The normalized spacial score (nSPS) is 15.7. The van der Waals surface area contributed by atoms with Crippen molar-refractivity contribution in [3.05, 3.63) is 23.2 Å². The Kier molecular flexibility index (Phi) is 5.82. The first-order chi connectivity index (χ1) is 11.0. The molecule has 0 bridgehead atoms. The first kappa shape index (κ1) is 17.5. The lowest BCUT2D eigenvalue weighted by Gasteiger charge is -2.30. The predicted molar refractivity (Wildman–Crippen MR) is 86.2 cm³/mol. The second-order valence-corrected chi connectivity index (χ2v) is 6.04. The van der Waals surface area contributed by atoms with Crippen LogP contribution in [0.25, 0.3) is 0 Å². The summed E-state index contributed by atoms with van der Waals surface area (Å²) in [6.45, 7) is 5.13. The Balaban J connectivity index is 1.97. The topological polar surface area (TPSA) is 74.0 Å². The van der Waals surface area contributed by atoms with Crippen LogP contribution in [0.5, 0.6) is 0 Å². The van der Waals surface area contributed by atoms with E-state index in [0.717, 1.165) is 24.2 Å². The molecule has 128 valence electrons. The number of piperidine rings is 1. The molecule has 1 fully saturated rings. The molecule has 1 saturated heterocycles. The van der Waals surface area contributed by atoms with Crippen molar-refractivity contribution in [1.29, 1.82) is 0 Å². The second-order valence-electron chi connectivity index (χ2n) is 6.04. The van der Waals surface area contributed by atoms with Crippen molar-refractivity contribution in [3.63, 3.8) is 0 Å². The molecular weight excluding hydrogens is 296 g/mol. The monoisotopic (exact) mass is 322 g/mol. The van der Waals surface area contributed by atoms with E-state index in [2.05, 4.69) is 0 Å². The Morgan fingerprint density at radius 1 is 1.30 bits per heavy atom. The lowest BCUT2D eigenvalue weighted by molar-refractivity contribution is -0.133. The number of amides is 2. The summed E-state index contributed by atoms with van der Waals surface area (Å²) in [5.74, 6) is 0.763. The van der Waals surface area contributed by atoms with Gasteiger partial charge in [0.25, 0.3) is 5.91 Å². The van der Waals surface area contributed by atoms with Crippen LogP contribution in [0.2, 0.25) is 0 Å². The van der Waals surface area contributed by atoms with E-state index in [-0.39, 0.29) is 24.5 Å². The summed E-state index contributed by atoms with van der Waals surface area (Å²) in [7, 11) is 1.61. The number of likely N-dealkylation sites (N-methyl/N-ethyl adjacent to an activating group) is 1. The number of nitrogens with zero attached hydrogens (tertiary/aromatic N) is 2. The highest BCUT2D eigenvalue weighted by Gasteiger charge is 2.25. The lowest BCUT2D eigenvalue weighted by atomic mass is 10.1. The summed E-state index contributed by atoms with van der Waals surface area (Å²) in [5, 5.41) is 9.49. The van der Waals surface area contributed by atoms with E-state index in [4.69, 9.17) is 4.42 Å². The van der Waals surface area contributed by atoms with Crippen molar-refractivity contribution < 1.29 is 19.1 Å². The van der Waals surface area contributed by atoms with Crippen LogP contribution >= 0.6 is 0 Å². The number of hydrogen-bond acceptors (Lipinski definition) is 4. The molecule has 1 aliphatic rings. The van der Waals surface area contributed by atoms with Gasteiger partial charge in [-0.3, -0.25) is 9.59 Å². The van der Waals surface area contributed by atoms with E-state index in [1.54, 1.807) is 18.0 Å². The minimum absolute atomic E-state index is 0.0263. The number of carbonyl (C=O) groups excluding carboxylic acids is 2. The number of aliphatic hydroxyl groups is 1. The third-order valence-electron chi connectivity index (χ3n) is 4.35. The van der Waals surface area contributed by atoms with Crippen LogP contribution in [0, 0.1) is 0 Å². The number of aliphatic hydroxyl groups excluding tert-OH is 1. The van der Waals surface area contributed by atoms with E-state index >= 15 is 0 Å². The van der Waals surface area contributed by atoms with Gasteiger partial charge in [-0.25, -0.2) is 0 Å². The van der Waals surface area contributed by atoms with Gasteiger partial charge in [0, 0.05) is 26.6 Å². The summed E-state index contributed by atoms with van der Waals surface area (Å²) in [4.78, 5) is 27.8. The van der Waals surface area contributed by atoms with Crippen LogP contribution in [0.4, 0.5) is 0 Å². The molecule has 0 aliphatic carbocycles. The van der Waals surface area contributed by atoms with E-state index < -0.39 is 0 Å². The van der Waals surface area contributed by atoms with Crippen LogP contribution < -0.4 is 0 Å². The number of furan rings is 1. The summed E-state index contributed by atoms with van der Waals surface area (Å²) >= 11 is 0. The van der Waals surface area contributed by atoms with Crippen molar-refractivity contribution in [1.82, 2.24) is 9.80 Å². The summed E-state index contributed by atoms with van der Waals surface area (Å²) in [6, 6.07) is 1.78. The van der Waals surface area contributed by atoms with Gasteiger partial charge in [0.15, 0.2) is 5.76 Å². The van der Waals surface area contributed by atoms with Gasteiger partial charge in [-0.05, 0) is 30.9 Å². The minimum Gasteiger partial charge on any atom is -0.456 e. The molecule has 2 amide bonds. The zero-order valence-corrected chi connectivity index (χ0v) is 14.2. The molecule has 6 heteroatoms. The molecule has 0 spiro atoms. The molecule has 0 radical (unpaired) electrons. The molecule has 2 heterocycles. The van der Waals surface area contributed by atoms with Crippen molar-refractivity contribution in [2.75, 3.05) is 26.7 Å². The van der Waals surface area contributed by atoms with E-state index in [9.17, 15) is 14.7 Å². The van der Waals surface area contributed by atoms with Gasteiger partial charge in [0.05, 0.1) is 12.6 Å². The first-order valence-electron chi connectivity index (χ1n) is 8.29. The van der Waals surface area contributed by atoms with Gasteiger partial charge in [0.2, 0.25) is 5.91 Å². The third-order valence-corrected chi connectivity index (χ3v) is 4.35. The summed E-state index contributed by atoms with van der Waals surface area (Å²) < 4.78 is 5.63. The van der Waals surface area contributed by atoms with Gasteiger partial charge in [-0.15, -0.1) is 0 Å². The van der Waals surface area contributed by atoms with Gasteiger partial charge in [-0.2, -0.15) is 0 Å². The van der Waals surface area contributed by atoms with Crippen LogP contribution in [0.15, 0.2) is 10.5 Å². The number of carbonyl (C=O) groups is 2. The molecule has 1 aliphatic heterocycles. The van der Waals surface area contributed by atoms with Gasteiger partial charge >= 0.3 is 0 Å². The summed E-state index contributed by atoms with van der Waals surface area (Å²) in [6.07, 6.45) is 2.44. The van der Waals surface area contributed by atoms with Crippen LogP contribution in [0.1, 0.15) is 48.6 Å². The fraction of sp³-hybridized carbons (Fsp3) is 0.647. The average Bonchev–Trinajstić information content (AvgIpc) is 2.97. The Labute approximate surface area is 137 Å². The van der Waals surface area contributed by atoms with Crippen molar-refractivity contribution in [2.45, 2.75) is 45.6 Å². The molecule has 1 aromatic rings. The Hall–Kier alpha value is -1.82. The molecule has 0 unspecified atom stereocenters. The maximum absolute atomic E-state index is 12.4. The van der Waals surface area contributed by atoms with Crippen LogP contribution in [0.3, 0.4) is 0 Å². The number of hydrogen-bond donors (Lipinski definition) is 1.